The van der Waals surface area contributed by atoms with Crippen molar-refractivity contribution in [1.82, 2.24) is 25.1 Å². The molecule has 1 aliphatic rings. The van der Waals surface area contributed by atoms with E-state index in [2.05, 4.69) is 25.1 Å². The summed E-state index contributed by atoms with van der Waals surface area (Å²) in [6.07, 6.45) is 5.71. The Morgan fingerprint density at radius 3 is 3.00 bits per heavy atom. The van der Waals surface area contributed by atoms with Gasteiger partial charge in [0.05, 0.1) is 17.5 Å². The normalized spacial score (nSPS) is 17.8. The number of aliphatic carboxylic acids is 1. The fraction of sp³-hybridized carbons (Fsp3) is 0.231. The third kappa shape index (κ3) is 2.05. The Bertz CT molecular complexity index is 1040. The van der Waals surface area contributed by atoms with Gasteiger partial charge in [0.15, 0.2) is 0 Å². The van der Waals surface area contributed by atoms with Crippen LogP contribution in [0.5, 0.6) is 0 Å². The number of carboxylic acids is 1. The van der Waals surface area contributed by atoms with Crippen LogP contribution >= 0.6 is 0 Å². The molecule has 10 nitrogen and oxygen atoms in total. The van der Waals surface area contributed by atoms with Gasteiger partial charge in [-0.3, -0.25) is 9.89 Å². The molecule has 3 aromatic rings. The monoisotopic (exact) mass is 348 g/mol. The second-order valence-corrected chi connectivity index (χ2v) is 7.29. The van der Waals surface area contributed by atoms with Gasteiger partial charge in [0, 0.05) is 24.5 Å². The summed E-state index contributed by atoms with van der Waals surface area (Å²) in [4.78, 5) is 22.0. The number of aromatic nitrogens is 5. The molecule has 0 amide bonds. The van der Waals surface area contributed by atoms with E-state index >= 15 is 0 Å². The van der Waals surface area contributed by atoms with Gasteiger partial charge >= 0.3 is 5.97 Å². The summed E-state index contributed by atoms with van der Waals surface area (Å²) in [5.74, 6) is -1.60. The van der Waals surface area contributed by atoms with Crippen LogP contribution in [0.25, 0.3) is 11.0 Å². The minimum absolute atomic E-state index is 0.00955. The van der Waals surface area contributed by atoms with E-state index in [4.69, 9.17) is 0 Å². The molecule has 1 unspecified atom stereocenters. The average Bonchev–Trinajstić information content (AvgIpc) is 3.20. The molecule has 0 radical (unpaired) electrons. The van der Waals surface area contributed by atoms with Crippen LogP contribution in [0, 0.1) is 5.92 Å². The van der Waals surface area contributed by atoms with E-state index in [0.717, 1.165) is 4.31 Å². The molecule has 0 fully saturated rings. The first-order valence-electron chi connectivity index (χ1n) is 7.03. The summed E-state index contributed by atoms with van der Waals surface area (Å²) >= 11 is 0. The van der Waals surface area contributed by atoms with Gasteiger partial charge in [-0.05, 0) is 6.42 Å². The van der Waals surface area contributed by atoms with Crippen LogP contribution in [0.3, 0.4) is 0 Å². The largest absolute Gasteiger partial charge is 0.481 e. The average molecular weight is 348 g/mol. The van der Waals surface area contributed by atoms with Crippen molar-refractivity contribution in [2.45, 2.75) is 11.3 Å². The molecule has 3 N–H and O–H groups in total. The van der Waals surface area contributed by atoms with Crippen molar-refractivity contribution in [3.8, 4) is 0 Å². The van der Waals surface area contributed by atoms with Gasteiger partial charge in [0.2, 0.25) is 0 Å². The first-order valence-corrected chi connectivity index (χ1v) is 8.47. The molecule has 24 heavy (non-hydrogen) atoms. The number of hydrogen-bond acceptors (Lipinski definition) is 6. The number of aromatic amines is 2. The summed E-state index contributed by atoms with van der Waals surface area (Å²) in [5, 5.41) is 16.1. The van der Waals surface area contributed by atoms with Crippen LogP contribution in [-0.4, -0.2) is 51.2 Å². The maximum absolute atomic E-state index is 13.1. The summed E-state index contributed by atoms with van der Waals surface area (Å²) in [6, 6.07) is 0. The molecular weight excluding hydrogens is 336 g/mol. The van der Waals surface area contributed by atoms with E-state index in [1.54, 1.807) is 0 Å². The molecule has 3 aromatic heterocycles. The number of hydrogen-bond donors (Lipinski definition) is 3. The van der Waals surface area contributed by atoms with Crippen molar-refractivity contribution in [3.05, 3.63) is 30.5 Å². The zero-order chi connectivity index (χ0) is 16.9. The molecule has 0 aromatic carbocycles. The number of H-pyrrole nitrogens is 2. The highest BCUT2D eigenvalue weighted by atomic mass is 32.2. The summed E-state index contributed by atoms with van der Waals surface area (Å²) < 4.78 is 27.3. The zero-order valence-electron chi connectivity index (χ0n) is 12.2. The van der Waals surface area contributed by atoms with Crippen LogP contribution in [0.15, 0.2) is 29.8 Å². The standard InChI is InChI=1S/C13H12N6O4S/c20-13(21)8-1-7-2-17-18-12(7)19(5-8)24(22,23)10-4-15-11-9(10)3-14-6-16-11/h2-4,6,8H,1,5H2,(H,17,18)(H,20,21)(H,14,15,16). The number of carbonyl (C=O) groups is 1. The van der Waals surface area contributed by atoms with Crippen molar-refractivity contribution in [2.24, 2.45) is 5.92 Å². The Kier molecular flexibility index (Phi) is 3.06. The third-order valence-electron chi connectivity index (χ3n) is 4.03. The fourth-order valence-electron chi connectivity index (χ4n) is 2.84. The lowest BCUT2D eigenvalue weighted by Crippen LogP contribution is -2.42. The van der Waals surface area contributed by atoms with Gasteiger partial charge in [0.1, 0.15) is 22.7 Å². The minimum Gasteiger partial charge on any atom is -0.481 e. The molecular formula is C13H12N6O4S. The van der Waals surface area contributed by atoms with Gasteiger partial charge in [-0.1, -0.05) is 0 Å². The first kappa shape index (κ1) is 14.6. The molecule has 0 aliphatic carbocycles. The minimum atomic E-state index is -4.01. The number of sulfonamides is 1. The topological polar surface area (TPSA) is 145 Å². The Morgan fingerprint density at radius 1 is 1.38 bits per heavy atom. The summed E-state index contributed by atoms with van der Waals surface area (Å²) in [5.41, 5.74) is 0.938. The molecule has 4 heterocycles. The second kappa shape index (κ2) is 5.03. The highest BCUT2D eigenvalue weighted by molar-refractivity contribution is 7.93. The molecule has 0 saturated carbocycles. The van der Waals surface area contributed by atoms with Crippen molar-refractivity contribution >= 4 is 32.8 Å². The van der Waals surface area contributed by atoms with Crippen molar-refractivity contribution in [2.75, 3.05) is 10.8 Å². The molecule has 0 bridgehead atoms. The van der Waals surface area contributed by atoms with E-state index in [0.29, 0.717) is 22.4 Å². The molecule has 11 heteroatoms. The van der Waals surface area contributed by atoms with Crippen LogP contribution in [0.1, 0.15) is 5.56 Å². The van der Waals surface area contributed by atoms with Gasteiger partial charge in [-0.15, -0.1) is 0 Å². The van der Waals surface area contributed by atoms with E-state index in [-0.39, 0.29) is 17.9 Å². The quantitative estimate of drug-likeness (QED) is 0.610. The van der Waals surface area contributed by atoms with Gasteiger partial charge in [-0.25, -0.2) is 22.7 Å². The lowest BCUT2D eigenvalue weighted by atomic mass is 9.98. The zero-order valence-corrected chi connectivity index (χ0v) is 13.0. The van der Waals surface area contributed by atoms with Crippen molar-refractivity contribution < 1.29 is 18.3 Å². The molecule has 0 spiro atoms. The Morgan fingerprint density at radius 2 is 2.21 bits per heavy atom. The smallest absolute Gasteiger partial charge is 0.308 e. The van der Waals surface area contributed by atoms with Gasteiger partial charge in [-0.2, -0.15) is 5.10 Å². The number of fused-ring (bicyclic) bond motifs is 2. The molecule has 4 rings (SSSR count). The molecule has 1 aliphatic heterocycles. The maximum Gasteiger partial charge on any atom is 0.308 e. The van der Waals surface area contributed by atoms with Gasteiger partial charge in [0.25, 0.3) is 10.0 Å². The number of rotatable bonds is 3. The highest BCUT2D eigenvalue weighted by Crippen LogP contribution is 2.34. The SMILES string of the molecule is O=C(O)C1Cc2cn[nH]c2N(S(=O)(=O)c2c[nH]c3ncncc23)C1. The van der Waals surface area contributed by atoms with Crippen LogP contribution in [-0.2, 0) is 21.2 Å². The number of nitrogens with one attached hydrogen (secondary N) is 2. The van der Waals surface area contributed by atoms with Crippen LogP contribution < -0.4 is 4.31 Å². The van der Waals surface area contributed by atoms with Crippen LogP contribution in [0.2, 0.25) is 0 Å². The predicted molar refractivity (Wildman–Crippen MR) is 81.8 cm³/mol. The maximum atomic E-state index is 13.1. The molecule has 1 atom stereocenters. The Labute approximate surface area is 135 Å². The van der Waals surface area contributed by atoms with E-state index in [1.165, 1.54) is 24.9 Å². The Balaban J connectivity index is 1.86. The molecule has 124 valence electrons. The van der Waals surface area contributed by atoms with E-state index in [9.17, 15) is 18.3 Å². The van der Waals surface area contributed by atoms with Crippen molar-refractivity contribution in [1.29, 1.82) is 0 Å². The fourth-order valence-corrected chi connectivity index (χ4v) is 4.49. The Hall–Kier alpha value is -2.95. The number of anilines is 1. The number of nitrogens with zero attached hydrogens (tertiary/aromatic N) is 4. The summed E-state index contributed by atoms with van der Waals surface area (Å²) in [7, 11) is -4.01. The second-order valence-electron chi connectivity index (χ2n) is 5.46. The highest BCUT2D eigenvalue weighted by Gasteiger charge is 2.38. The third-order valence-corrected chi connectivity index (χ3v) is 5.84. The molecule has 0 saturated heterocycles. The lowest BCUT2D eigenvalue weighted by molar-refractivity contribution is -0.141. The van der Waals surface area contributed by atoms with E-state index < -0.39 is 21.9 Å². The lowest BCUT2D eigenvalue weighted by Gasteiger charge is -2.30. The van der Waals surface area contributed by atoms with Crippen LogP contribution in [0.4, 0.5) is 5.82 Å². The first-order chi connectivity index (χ1) is 11.5. The van der Waals surface area contributed by atoms with Gasteiger partial charge < -0.3 is 10.1 Å². The summed E-state index contributed by atoms with van der Waals surface area (Å²) in [6.45, 7) is -0.173. The number of carboxylic acid groups (broad SMARTS) is 1. The van der Waals surface area contributed by atoms with E-state index in [1.807, 2.05) is 0 Å². The predicted octanol–water partition coefficient (Wildman–Crippen LogP) is 0.133. The van der Waals surface area contributed by atoms with Crippen molar-refractivity contribution in [3.63, 3.8) is 0 Å².